The number of para-hydroxylation sites is 1. The van der Waals surface area contributed by atoms with E-state index in [1.807, 2.05) is 24.3 Å². The molecule has 0 unspecified atom stereocenters. The molecule has 2 aromatic rings. The third-order valence-electron chi connectivity index (χ3n) is 4.54. The molecule has 5 nitrogen and oxygen atoms in total. The van der Waals surface area contributed by atoms with Gasteiger partial charge in [-0.2, -0.15) is 8.78 Å². The van der Waals surface area contributed by atoms with E-state index in [-0.39, 0.29) is 11.7 Å². The van der Waals surface area contributed by atoms with Crippen molar-refractivity contribution in [2.45, 2.75) is 45.8 Å². The fourth-order valence-electron chi connectivity index (χ4n) is 2.69. The Balaban J connectivity index is 1.92. The van der Waals surface area contributed by atoms with Gasteiger partial charge >= 0.3 is 12.6 Å². The van der Waals surface area contributed by atoms with Crippen molar-refractivity contribution in [2.24, 2.45) is 0 Å². The quantitative estimate of drug-likeness (QED) is 0.439. The van der Waals surface area contributed by atoms with Gasteiger partial charge in [0.1, 0.15) is 5.75 Å². The summed E-state index contributed by atoms with van der Waals surface area (Å²) >= 11 is 0. The Morgan fingerprint density at radius 3 is 2.37 bits per heavy atom. The van der Waals surface area contributed by atoms with E-state index in [4.69, 9.17) is 4.74 Å². The molecule has 0 saturated heterocycles. The lowest BCUT2D eigenvalue weighted by molar-refractivity contribution is -0.148. The van der Waals surface area contributed by atoms with Crippen LogP contribution in [0.2, 0.25) is 0 Å². The summed E-state index contributed by atoms with van der Waals surface area (Å²) < 4.78 is 33.7. The van der Waals surface area contributed by atoms with Gasteiger partial charge in [-0.25, -0.2) is 4.79 Å². The van der Waals surface area contributed by atoms with Crippen LogP contribution in [0, 0.1) is 0 Å². The van der Waals surface area contributed by atoms with Crippen LogP contribution in [-0.4, -0.2) is 24.6 Å². The van der Waals surface area contributed by atoms with E-state index in [1.165, 1.54) is 43.3 Å². The summed E-state index contributed by atoms with van der Waals surface area (Å²) in [7, 11) is 0. The smallest absolute Gasteiger partial charge is 0.387 e. The Morgan fingerprint density at radius 1 is 1.07 bits per heavy atom. The fourth-order valence-corrected chi connectivity index (χ4v) is 2.69. The maximum atomic E-state index is 12.4. The van der Waals surface area contributed by atoms with Crippen LogP contribution in [0.25, 0.3) is 6.08 Å². The number of hydrogen-bond acceptors (Lipinski definition) is 4. The van der Waals surface area contributed by atoms with Gasteiger partial charge in [-0.05, 0) is 54.7 Å². The number of carbonyl (C=O) groups is 2. The maximum absolute atomic E-state index is 12.4. The number of rotatable bonds is 9. The number of carbonyl (C=O) groups excluding carboxylic acids is 2. The minimum Gasteiger partial charge on any atom is -0.449 e. The molecule has 0 saturated carbocycles. The summed E-state index contributed by atoms with van der Waals surface area (Å²) in [6, 6.07) is 13.3. The lowest BCUT2D eigenvalue weighted by Crippen LogP contribution is -2.29. The molecule has 160 valence electrons. The maximum Gasteiger partial charge on any atom is 0.387 e. The molecule has 7 heteroatoms. The van der Waals surface area contributed by atoms with Gasteiger partial charge in [0.25, 0.3) is 5.91 Å². The molecule has 0 aliphatic carbocycles. The van der Waals surface area contributed by atoms with Crippen molar-refractivity contribution in [3.63, 3.8) is 0 Å². The van der Waals surface area contributed by atoms with E-state index in [1.54, 1.807) is 0 Å². The lowest BCUT2D eigenvalue weighted by atomic mass is 9.97. The summed E-state index contributed by atoms with van der Waals surface area (Å²) in [4.78, 5) is 24.4. The molecule has 2 aromatic carbocycles. The highest BCUT2D eigenvalue weighted by Gasteiger charge is 2.18. The average molecular weight is 417 g/mol. The largest absolute Gasteiger partial charge is 0.449 e. The number of hydrogen-bond donors (Lipinski definition) is 1. The molecule has 0 heterocycles. The summed E-state index contributed by atoms with van der Waals surface area (Å²) in [6.07, 6.45) is 2.56. The van der Waals surface area contributed by atoms with Gasteiger partial charge in [-0.15, -0.1) is 0 Å². The first-order valence-corrected chi connectivity index (χ1v) is 9.63. The molecule has 0 aliphatic rings. The normalized spacial score (nSPS) is 13.1. The molecule has 1 amide bonds. The lowest BCUT2D eigenvalue weighted by Gasteiger charge is -2.17. The van der Waals surface area contributed by atoms with Gasteiger partial charge < -0.3 is 14.8 Å². The fraction of sp³-hybridized carbons (Fsp3) is 0.304. The molecule has 2 atom stereocenters. The number of anilines is 1. The van der Waals surface area contributed by atoms with Gasteiger partial charge in [0.05, 0.1) is 0 Å². The van der Waals surface area contributed by atoms with Crippen LogP contribution in [0.4, 0.5) is 14.5 Å². The SMILES string of the molecule is CC[C@H](C)c1ccccc1NC(=O)[C@@H](C)OC(=O)/C=C/c1ccc(OC(F)F)cc1. The molecular weight excluding hydrogens is 392 g/mol. The van der Waals surface area contributed by atoms with E-state index < -0.39 is 24.6 Å². The zero-order chi connectivity index (χ0) is 22.1. The third-order valence-corrected chi connectivity index (χ3v) is 4.54. The molecule has 0 bridgehead atoms. The predicted molar refractivity (Wildman–Crippen MR) is 111 cm³/mol. The molecule has 30 heavy (non-hydrogen) atoms. The zero-order valence-electron chi connectivity index (χ0n) is 17.1. The number of alkyl halides is 2. The molecule has 0 fully saturated rings. The molecule has 2 rings (SSSR count). The molecule has 0 spiro atoms. The molecule has 1 N–H and O–H groups in total. The van der Waals surface area contributed by atoms with Crippen LogP contribution >= 0.6 is 0 Å². The number of ether oxygens (including phenoxy) is 2. The van der Waals surface area contributed by atoms with Crippen molar-refractivity contribution >= 4 is 23.6 Å². The number of nitrogens with one attached hydrogen (secondary N) is 1. The molecular formula is C23H25F2NO4. The Bertz CT molecular complexity index is 881. The minimum absolute atomic E-state index is 0.0210. The monoisotopic (exact) mass is 417 g/mol. The Morgan fingerprint density at radius 2 is 1.73 bits per heavy atom. The molecule has 0 radical (unpaired) electrons. The van der Waals surface area contributed by atoms with E-state index >= 15 is 0 Å². The second kappa shape index (κ2) is 11.1. The predicted octanol–water partition coefficient (Wildman–Crippen LogP) is 5.39. The number of halogens is 2. The van der Waals surface area contributed by atoms with Gasteiger partial charge in [0.2, 0.25) is 0 Å². The first-order valence-electron chi connectivity index (χ1n) is 9.63. The van der Waals surface area contributed by atoms with E-state index in [9.17, 15) is 18.4 Å². The zero-order valence-corrected chi connectivity index (χ0v) is 17.1. The van der Waals surface area contributed by atoms with Crippen LogP contribution in [0.5, 0.6) is 5.75 Å². The van der Waals surface area contributed by atoms with E-state index in [2.05, 4.69) is 23.9 Å². The third kappa shape index (κ3) is 6.99. The highest BCUT2D eigenvalue weighted by molar-refractivity contribution is 5.97. The van der Waals surface area contributed by atoms with Crippen molar-refractivity contribution in [1.29, 1.82) is 0 Å². The molecule has 0 aromatic heterocycles. The second-order valence-corrected chi connectivity index (χ2v) is 6.75. The summed E-state index contributed by atoms with van der Waals surface area (Å²) in [6.45, 7) is 2.74. The summed E-state index contributed by atoms with van der Waals surface area (Å²) in [5, 5.41) is 2.81. The van der Waals surface area contributed by atoms with Gasteiger partial charge in [-0.3, -0.25) is 4.79 Å². The van der Waals surface area contributed by atoms with Gasteiger partial charge in [0.15, 0.2) is 6.10 Å². The van der Waals surface area contributed by atoms with Gasteiger partial charge in [-0.1, -0.05) is 44.2 Å². The van der Waals surface area contributed by atoms with Crippen LogP contribution in [0.3, 0.4) is 0 Å². The van der Waals surface area contributed by atoms with Crippen molar-refractivity contribution in [2.75, 3.05) is 5.32 Å². The molecule has 0 aliphatic heterocycles. The Kier molecular flexibility index (Phi) is 8.53. The average Bonchev–Trinajstić information content (AvgIpc) is 2.72. The van der Waals surface area contributed by atoms with E-state index in [0.717, 1.165) is 12.0 Å². The highest BCUT2D eigenvalue weighted by Crippen LogP contribution is 2.26. The highest BCUT2D eigenvalue weighted by atomic mass is 19.3. The van der Waals surface area contributed by atoms with Crippen molar-refractivity contribution in [1.82, 2.24) is 0 Å². The Labute approximate surface area is 174 Å². The summed E-state index contributed by atoms with van der Waals surface area (Å²) in [5.41, 5.74) is 2.31. The van der Waals surface area contributed by atoms with Crippen molar-refractivity contribution in [3.05, 3.63) is 65.7 Å². The number of esters is 1. The first kappa shape index (κ1) is 23.1. The van der Waals surface area contributed by atoms with Gasteiger partial charge in [0, 0.05) is 11.8 Å². The van der Waals surface area contributed by atoms with Crippen LogP contribution in [0.1, 0.15) is 44.2 Å². The second-order valence-electron chi connectivity index (χ2n) is 6.75. The number of amides is 1. The first-order chi connectivity index (χ1) is 14.3. The van der Waals surface area contributed by atoms with E-state index in [0.29, 0.717) is 11.3 Å². The standard InChI is InChI=1S/C23H25F2NO4/c1-4-15(2)19-7-5-6-8-20(19)26-22(28)16(3)29-21(27)14-11-17-9-12-18(13-10-17)30-23(24)25/h5-16,23H,4H2,1-3H3,(H,26,28)/b14-11+/t15-,16+/m0/s1. The van der Waals surface area contributed by atoms with Crippen LogP contribution in [0.15, 0.2) is 54.6 Å². The Hall–Kier alpha value is -3.22. The van der Waals surface area contributed by atoms with Crippen LogP contribution < -0.4 is 10.1 Å². The summed E-state index contributed by atoms with van der Waals surface area (Å²) in [5.74, 6) is -0.825. The minimum atomic E-state index is -2.90. The topological polar surface area (TPSA) is 64.6 Å². The van der Waals surface area contributed by atoms with Crippen molar-refractivity contribution < 1.29 is 27.8 Å². The van der Waals surface area contributed by atoms with Crippen LogP contribution in [-0.2, 0) is 14.3 Å². The van der Waals surface area contributed by atoms with Crippen molar-refractivity contribution in [3.8, 4) is 5.75 Å². The number of benzene rings is 2.